The quantitative estimate of drug-likeness (QED) is 0.425. The highest BCUT2D eigenvalue weighted by molar-refractivity contribution is 7.94. The fraction of sp³-hybridized carbons (Fsp3) is 0.480. The van der Waals surface area contributed by atoms with Crippen molar-refractivity contribution in [2.75, 3.05) is 12.9 Å². The van der Waals surface area contributed by atoms with Gasteiger partial charge in [0, 0.05) is 17.1 Å². The van der Waals surface area contributed by atoms with E-state index in [0.29, 0.717) is 0 Å². The summed E-state index contributed by atoms with van der Waals surface area (Å²) < 4.78 is 11.4. The van der Waals surface area contributed by atoms with Crippen LogP contribution >= 0.6 is 12.0 Å². The average molecular weight is 415 g/mol. The number of carbonyl (C=O) groups is 1. The molecule has 0 aliphatic carbocycles. The van der Waals surface area contributed by atoms with Crippen molar-refractivity contribution in [1.29, 1.82) is 0 Å². The van der Waals surface area contributed by atoms with Gasteiger partial charge in [0.05, 0.1) is 12.0 Å². The topological polar surface area (TPSA) is 35.5 Å². The molecule has 0 atom stereocenters. The SMILES string of the molecule is CCC(CC)(c1ccc(OCC(=O)C(C)(C)C)cc1)c1ccc(OSC)c(C)c1. The van der Waals surface area contributed by atoms with Crippen molar-refractivity contribution in [1.82, 2.24) is 0 Å². The Bertz CT molecular complexity index is 815. The van der Waals surface area contributed by atoms with Crippen LogP contribution in [0.5, 0.6) is 11.5 Å². The number of hydrogen-bond acceptors (Lipinski definition) is 4. The zero-order chi connectivity index (χ0) is 21.7. The second-order valence-electron chi connectivity index (χ2n) is 8.51. The van der Waals surface area contributed by atoms with Gasteiger partial charge in [-0.25, -0.2) is 0 Å². The normalized spacial score (nSPS) is 12.0. The Morgan fingerprint density at radius 3 is 2.03 bits per heavy atom. The molecule has 0 N–H and O–H groups in total. The van der Waals surface area contributed by atoms with Gasteiger partial charge in [0.2, 0.25) is 0 Å². The summed E-state index contributed by atoms with van der Waals surface area (Å²) in [7, 11) is 0. The molecule has 0 fully saturated rings. The molecule has 2 aromatic rings. The van der Waals surface area contributed by atoms with Crippen LogP contribution in [0.15, 0.2) is 42.5 Å². The van der Waals surface area contributed by atoms with Crippen molar-refractivity contribution in [3.63, 3.8) is 0 Å². The van der Waals surface area contributed by atoms with Gasteiger partial charge in [-0.1, -0.05) is 58.9 Å². The number of carbonyl (C=O) groups excluding carboxylic acids is 1. The van der Waals surface area contributed by atoms with Gasteiger partial charge in [-0.2, -0.15) is 0 Å². The Balaban J connectivity index is 2.28. The molecule has 0 heterocycles. The maximum Gasteiger partial charge on any atom is 0.175 e. The fourth-order valence-corrected chi connectivity index (χ4v) is 3.97. The number of benzene rings is 2. The summed E-state index contributed by atoms with van der Waals surface area (Å²) in [6.07, 6.45) is 3.91. The van der Waals surface area contributed by atoms with Crippen LogP contribution in [0.1, 0.15) is 64.2 Å². The van der Waals surface area contributed by atoms with Crippen molar-refractivity contribution in [2.45, 2.75) is 59.8 Å². The van der Waals surface area contributed by atoms with Crippen molar-refractivity contribution in [2.24, 2.45) is 5.41 Å². The summed E-state index contributed by atoms with van der Waals surface area (Å²) >= 11 is 1.36. The van der Waals surface area contributed by atoms with E-state index in [1.807, 2.05) is 39.2 Å². The lowest BCUT2D eigenvalue weighted by molar-refractivity contribution is -0.128. The van der Waals surface area contributed by atoms with E-state index in [0.717, 1.165) is 29.9 Å². The summed E-state index contributed by atoms with van der Waals surface area (Å²) in [5.41, 5.74) is 3.25. The molecule has 4 heteroatoms. The molecule has 0 aliphatic rings. The van der Waals surface area contributed by atoms with E-state index in [4.69, 9.17) is 8.92 Å². The van der Waals surface area contributed by atoms with Crippen LogP contribution in [0.4, 0.5) is 0 Å². The molecule has 0 unspecified atom stereocenters. The zero-order valence-corrected chi connectivity index (χ0v) is 19.6. The lowest BCUT2D eigenvalue weighted by Gasteiger charge is -2.34. The van der Waals surface area contributed by atoms with Gasteiger partial charge in [0.25, 0.3) is 0 Å². The predicted molar refractivity (Wildman–Crippen MR) is 123 cm³/mol. The minimum absolute atomic E-state index is 0.0671. The first kappa shape index (κ1) is 23.3. The summed E-state index contributed by atoms with van der Waals surface area (Å²) in [5.74, 6) is 1.74. The van der Waals surface area contributed by atoms with Gasteiger partial charge in [-0.3, -0.25) is 4.79 Å². The van der Waals surface area contributed by atoms with Crippen LogP contribution in [0.3, 0.4) is 0 Å². The molecular weight excluding hydrogens is 380 g/mol. The molecule has 0 bridgehead atoms. The highest BCUT2D eigenvalue weighted by Gasteiger charge is 2.31. The fourth-order valence-electron chi connectivity index (χ4n) is 3.60. The summed E-state index contributed by atoms with van der Waals surface area (Å²) in [6, 6.07) is 14.7. The van der Waals surface area contributed by atoms with Crippen LogP contribution < -0.4 is 8.92 Å². The molecule has 0 saturated heterocycles. The van der Waals surface area contributed by atoms with Gasteiger partial charge < -0.3 is 8.92 Å². The van der Waals surface area contributed by atoms with Gasteiger partial charge in [-0.05, 0) is 54.7 Å². The first-order chi connectivity index (χ1) is 13.7. The monoisotopic (exact) mass is 414 g/mol. The lowest BCUT2D eigenvalue weighted by atomic mass is 9.70. The first-order valence-electron chi connectivity index (χ1n) is 10.3. The van der Waals surface area contributed by atoms with Crippen LogP contribution in [-0.4, -0.2) is 18.6 Å². The molecule has 0 amide bonds. The largest absolute Gasteiger partial charge is 0.486 e. The Hall–Kier alpha value is -1.94. The van der Waals surface area contributed by atoms with Crippen molar-refractivity contribution in [3.05, 3.63) is 59.2 Å². The summed E-state index contributed by atoms with van der Waals surface area (Å²) in [5, 5.41) is 0. The molecule has 29 heavy (non-hydrogen) atoms. The van der Waals surface area contributed by atoms with Crippen molar-refractivity contribution < 1.29 is 13.7 Å². The zero-order valence-electron chi connectivity index (χ0n) is 18.8. The number of aryl methyl sites for hydroxylation is 1. The highest BCUT2D eigenvalue weighted by Crippen LogP contribution is 2.41. The van der Waals surface area contributed by atoms with Gasteiger partial charge >= 0.3 is 0 Å². The van der Waals surface area contributed by atoms with Crippen LogP contribution in [0.2, 0.25) is 0 Å². The predicted octanol–water partition coefficient (Wildman–Crippen LogP) is 6.75. The molecule has 0 aliphatic heterocycles. The smallest absolute Gasteiger partial charge is 0.175 e. The Morgan fingerprint density at radius 2 is 1.55 bits per heavy atom. The van der Waals surface area contributed by atoms with E-state index in [9.17, 15) is 4.79 Å². The van der Waals surface area contributed by atoms with Gasteiger partial charge in [0.15, 0.2) is 5.78 Å². The number of ketones is 1. The maximum absolute atomic E-state index is 12.1. The van der Waals surface area contributed by atoms with Crippen molar-refractivity contribution >= 4 is 17.8 Å². The molecule has 0 saturated carbocycles. The third kappa shape index (κ3) is 5.36. The highest BCUT2D eigenvalue weighted by atomic mass is 32.2. The van der Waals surface area contributed by atoms with Gasteiger partial charge in [-0.15, -0.1) is 0 Å². The second-order valence-corrected chi connectivity index (χ2v) is 9.01. The number of Topliss-reactive ketones (excluding diaryl/α,β-unsaturated/α-hetero) is 1. The van der Waals surface area contributed by atoms with E-state index in [-0.39, 0.29) is 23.2 Å². The molecule has 0 radical (unpaired) electrons. The number of rotatable bonds is 9. The molecule has 3 nitrogen and oxygen atoms in total. The summed E-state index contributed by atoms with van der Waals surface area (Å²) in [4.78, 5) is 12.1. The van der Waals surface area contributed by atoms with Crippen LogP contribution in [-0.2, 0) is 10.2 Å². The molecule has 2 rings (SSSR count). The molecule has 0 spiro atoms. The van der Waals surface area contributed by atoms with E-state index in [1.165, 1.54) is 23.2 Å². The lowest BCUT2D eigenvalue weighted by Crippen LogP contribution is -2.27. The Morgan fingerprint density at radius 1 is 0.966 bits per heavy atom. The van der Waals surface area contributed by atoms with E-state index in [2.05, 4.69) is 51.1 Å². The number of hydrogen-bond donors (Lipinski definition) is 0. The van der Waals surface area contributed by atoms with E-state index >= 15 is 0 Å². The third-order valence-corrected chi connectivity index (χ3v) is 6.07. The molecule has 0 aromatic heterocycles. The third-order valence-electron chi connectivity index (χ3n) is 5.72. The van der Waals surface area contributed by atoms with Gasteiger partial charge in [0.1, 0.15) is 18.1 Å². The number of ether oxygens (including phenoxy) is 1. The Kier molecular flexibility index (Phi) is 7.81. The molecular formula is C25H34O3S. The van der Waals surface area contributed by atoms with E-state index in [1.54, 1.807) is 0 Å². The first-order valence-corrected chi connectivity index (χ1v) is 11.4. The van der Waals surface area contributed by atoms with Crippen LogP contribution in [0, 0.1) is 12.3 Å². The van der Waals surface area contributed by atoms with Crippen LogP contribution in [0.25, 0.3) is 0 Å². The average Bonchev–Trinajstić information content (AvgIpc) is 2.69. The van der Waals surface area contributed by atoms with E-state index < -0.39 is 0 Å². The summed E-state index contributed by atoms with van der Waals surface area (Å²) in [6.45, 7) is 12.4. The Labute approximate surface area is 180 Å². The minimum Gasteiger partial charge on any atom is -0.486 e. The van der Waals surface area contributed by atoms with Crippen molar-refractivity contribution in [3.8, 4) is 11.5 Å². The second kappa shape index (κ2) is 9.71. The molecule has 2 aromatic carbocycles. The maximum atomic E-state index is 12.1. The minimum atomic E-state index is -0.385. The standard InChI is InChI=1S/C25H34O3S/c1-8-25(9-2,20-12-15-22(28-29-7)18(3)16-20)19-10-13-21(14-11-19)27-17-23(26)24(4,5)6/h10-16H,8-9,17H2,1-7H3. The molecule has 158 valence electrons.